The number of rotatable bonds is 11. The second kappa shape index (κ2) is 12.5. The molecule has 3 heterocycles. The second-order valence-corrected chi connectivity index (χ2v) is 13.5. The maximum Gasteiger partial charge on any atom is 0.246 e. The number of hydrogen-bond donors (Lipinski definition) is 2. The zero-order valence-corrected chi connectivity index (χ0v) is 26.3. The van der Waals surface area contributed by atoms with Crippen LogP contribution < -0.4 is 10.6 Å². The lowest BCUT2D eigenvalue weighted by Gasteiger charge is -2.38. The predicted molar refractivity (Wildman–Crippen MR) is 165 cm³/mol. The molecule has 1 saturated carbocycles. The first-order valence-corrected chi connectivity index (χ1v) is 16.1. The molecule has 8 heteroatoms. The first kappa shape index (κ1) is 30.7. The van der Waals surface area contributed by atoms with Gasteiger partial charge in [0.25, 0.3) is 0 Å². The average Bonchev–Trinajstić information content (AvgIpc) is 3.57. The van der Waals surface area contributed by atoms with Crippen LogP contribution in [0.3, 0.4) is 0 Å². The SMILES string of the molecule is CCCCN(C)CCCN1C(=O)C2C(C(=O)Nc3cc(C)cc(C)c3)C3C=CC2(O3)C1C(=O)NC1CCCC(C)C1C. The van der Waals surface area contributed by atoms with Gasteiger partial charge in [0, 0.05) is 18.3 Å². The number of benzene rings is 1. The van der Waals surface area contributed by atoms with Crippen LogP contribution in [0.5, 0.6) is 0 Å². The highest BCUT2D eigenvalue weighted by atomic mass is 16.5. The third-order valence-corrected chi connectivity index (χ3v) is 10.3. The Bertz CT molecular complexity index is 1200. The topological polar surface area (TPSA) is 91.0 Å². The van der Waals surface area contributed by atoms with Gasteiger partial charge >= 0.3 is 0 Å². The van der Waals surface area contributed by atoms with Crippen molar-refractivity contribution in [2.24, 2.45) is 23.7 Å². The summed E-state index contributed by atoms with van der Waals surface area (Å²) >= 11 is 0. The fourth-order valence-corrected chi connectivity index (χ4v) is 7.88. The van der Waals surface area contributed by atoms with E-state index in [1.807, 2.05) is 38.1 Å². The quantitative estimate of drug-likeness (QED) is 0.379. The molecular formula is C34H50N4O4. The van der Waals surface area contributed by atoms with Crippen molar-refractivity contribution in [2.75, 3.05) is 32.0 Å². The molecule has 0 aromatic heterocycles. The van der Waals surface area contributed by atoms with E-state index in [-0.39, 0.29) is 23.8 Å². The van der Waals surface area contributed by atoms with Crippen LogP contribution in [-0.2, 0) is 19.1 Å². The Labute approximate surface area is 251 Å². The van der Waals surface area contributed by atoms with E-state index in [0.717, 1.165) is 56.3 Å². The number of hydrogen-bond acceptors (Lipinski definition) is 5. The number of amides is 3. The zero-order chi connectivity index (χ0) is 30.2. The molecule has 1 spiro atoms. The van der Waals surface area contributed by atoms with Gasteiger partial charge in [-0.3, -0.25) is 14.4 Å². The number of anilines is 1. The number of ether oxygens (including phenoxy) is 1. The third kappa shape index (κ3) is 5.77. The largest absolute Gasteiger partial charge is 0.359 e. The molecule has 2 bridgehead atoms. The summed E-state index contributed by atoms with van der Waals surface area (Å²) in [6.45, 7) is 12.9. The molecule has 1 aliphatic carbocycles. The molecule has 1 aromatic carbocycles. The Morgan fingerprint density at radius 1 is 1.07 bits per heavy atom. The molecule has 3 aliphatic heterocycles. The zero-order valence-electron chi connectivity index (χ0n) is 26.3. The van der Waals surface area contributed by atoms with Crippen LogP contribution in [0.25, 0.3) is 0 Å². The molecule has 3 amide bonds. The van der Waals surface area contributed by atoms with Gasteiger partial charge < -0.3 is 25.2 Å². The van der Waals surface area contributed by atoms with Crippen molar-refractivity contribution in [3.05, 3.63) is 41.5 Å². The second-order valence-electron chi connectivity index (χ2n) is 13.5. The van der Waals surface area contributed by atoms with Crippen LogP contribution in [0.2, 0.25) is 0 Å². The molecular weight excluding hydrogens is 528 g/mol. The van der Waals surface area contributed by atoms with Crippen LogP contribution in [0.4, 0.5) is 5.69 Å². The Morgan fingerprint density at radius 2 is 1.79 bits per heavy atom. The Morgan fingerprint density at radius 3 is 2.50 bits per heavy atom. The van der Waals surface area contributed by atoms with Crippen molar-refractivity contribution in [3.63, 3.8) is 0 Å². The number of aryl methyl sites for hydroxylation is 2. The Balaban J connectivity index is 1.40. The van der Waals surface area contributed by atoms with Gasteiger partial charge in [-0.1, -0.05) is 58.3 Å². The molecule has 230 valence electrons. The van der Waals surface area contributed by atoms with Crippen LogP contribution in [0.1, 0.15) is 70.4 Å². The number of nitrogens with one attached hydrogen (secondary N) is 2. The molecule has 3 fully saturated rings. The number of unbranched alkanes of at least 4 members (excludes halogenated alkanes) is 1. The Hall–Kier alpha value is -2.71. The summed E-state index contributed by atoms with van der Waals surface area (Å²) in [5.74, 6) is -1.06. The molecule has 0 radical (unpaired) electrons. The van der Waals surface area contributed by atoms with Crippen LogP contribution in [-0.4, -0.2) is 78.0 Å². The first-order chi connectivity index (χ1) is 20.1. The lowest BCUT2D eigenvalue weighted by molar-refractivity contribution is -0.141. The van der Waals surface area contributed by atoms with Gasteiger partial charge in [0.05, 0.1) is 17.9 Å². The van der Waals surface area contributed by atoms with E-state index in [4.69, 9.17) is 4.74 Å². The van der Waals surface area contributed by atoms with Crippen molar-refractivity contribution >= 4 is 23.4 Å². The standard InChI is InChI=1S/C34H50N4O4/c1-7-8-15-37(6)16-10-17-38-30(32(40)36-26-12-9-11-23(4)24(26)5)34-14-13-27(42-34)28(29(34)33(38)41)31(39)35-25-19-21(2)18-22(3)20-25/h13-14,18-20,23-24,26-30H,7-12,15-17H2,1-6H3,(H,35,39)(H,36,40). The molecule has 2 saturated heterocycles. The van der Waals surface area contributed by atoms with Gasteiger partial charge in [0.2, 0.25) is 17.7 Å². The third-order valence-electron chi connectivity index (χ3n) is 10.3. The molecule has 8 unspecified atom stereocenters. The van der Waals surface area contributed by atoms with E-state index in [1.165, 1.54) is 6.42 Å². The minimum absolute atomic E-state index is 0.0695. The summed E-state index contributed by atoms with van der Waals surface area (Å²) < 4.78 is 6.55. The van der Waals surface area contributed by atoms with Gasteiger partial charge in [-0.15, -0.1) is 0 Å². The normalized spacial score (nSPS) is 33.4. The monoisotopic (exact) mass is 578 g/mol. The minimum Gasteiger partial charge on any atom is -0.359 e. The molecule has 42 heavy (non-hydrogen) atoms. The summed E-state index contributed by atoms with van der Waals surface area (Å²) in [6.07, 6.45) is 9.48. The van der Waals surface area contributed by atoms with Crippen LogP contribution in [0.15, 0.2) is 30.4 Å². The molecule has 8 atom stereocenters. The van der Waals surface area contributed by atoms with E-state index in [2.05, 4.69) is 49.4 Å². The number of nitrogens with zero attached hydrogens (tertiary/aromatic N) is 2. The molecule has 2 N–H and O–H groups in total. The van der Waals surface area contributed by atoms with E-state index in [0.29, 0.717) is 24.1 Å². The van der Waals surface area contributed by atoms with Crippen LogP contribution in [0, 0.1) is 37.5 Å². The van der Waals surface area contributed by atoms with Gasteiger partial charge in [-0.05, 0) is 88.3 Å². The number of fused-ring (bicyclic) bond motifs is 1. The summed E-state index contributed by atoms with van der Waals surface area (Å²) in [6, 6.07) is 5.21. The predicted octanol–water partition coefficient (Wildman–Crippen LogP) is 4.46. The fraction of sp³-hybridized carbons (Fsp3) is 0.676. The summed E-state index contributed by atoms with van der Waals surface area (Å²) in [7, 11) is 2.10. The lowest BCUT2D eigenvalue weighted by Crippen LogP contribution is -2.58. The molecule has 1 aromatic rings. The molecule has 4 aliphatic rings. The minimum atomic E-state index is -1.13. The summed E-state index contributed by atoms with van der Waals surface area (Å²) in [4.78, 5) is 46.3. The highest BCUT2D eigenvalue weighted by molar-refractivity contribution is 6.02. The van der Waals surface area contributed by atoms with Crippen molar-refractivity contribution in [3.8, 4) is 0 Å². The maximum atomic E-state index is 14.3. The van der Waals surface area contributed by atoms with E-state index in [9.17, 15) is 14.4 Å². The van der Waals surface area contributed by atoms with E-state index in [1.54, 1.807) is 4.90 Å². The summed E-state index contributed by atoms with van der Waals surface area (Å²) in [5, 5.41) is 6.41. The van der Waals surface area contributed by atoms with Crippen LogP contribution >= 0.6 is 0 Å². The van der Waals surface area contributed by atoms with E-state index >= 15 is 0 Å². The fourth-order valence-electron chi connectivity index (χ4n) is 7.88. The first-order valence-electron chi connectivity index (χ1n) is 16.1. The highest BCUT2D eigenvalue weighted by Gasteiger charge is 2.72. The number of likely N-dealkylation sites (tertiary alicyclic amines) is 1. The number of carbonyl (C=O) groups is 3. The maximum absolute atomic E-state index is 14.3. The van der Waals surface area contributed by atoms with Crippen molar-refractivity contribution < 1.29 is 19.1 Å². The summed E-state index contributed by atoms with van der Waals surface area (Å²) in [5.41, 5.74) is 1.70. The Kier molecular flexibility index (Phi) is 9.14. The highest BCUT2D eigenvalue weighted by Crippen LogP contribution is 2.55. The van der Waals surface area contributed by atoms with Gasteiger partial charge in [-0.25, -0.2) is 0 Å². The van der Waals surface area contributed by atoms with Crippen molar-refractivity contribution in [1.29, 1.82) is 0 Å². The smallest absolute Gasteiger partial charge is 0.246 e. The average molecular weight is 579 g/mol. The lowest BCUT2D eigenvalue weighted by atomic mass is 9.73. The van der Waals surface area contributed by atoms with Crippen molar-refractivity contribution in [2.45, 2.75) is 96.9 Å². The van der Waals surface area contributed by atoms with Crippen molar-refractivity contribution in [1.82, 2.24) is 15.1 Å². The molecule has 8 nitrogen and oxygen atoms in total. The number of carbonyl (C=O) groups excluding carboxylic acids is 3. The van der Waals surface area contributed by atoms with E-state index < -0.39 is 29.6 Å². The van der Waals surface area contributed by atoms with Gasteiger partial charge in [0.15, 0.2) is 0 Å². The van der Waals surface area contributed by atoms with Gasteiger partial charge in [-0.2, -0.15) is 0 Å². The molecule has 5 rings (SSSR count). The van der Waals surface area contributed by atoms with Gasteiger partial charge in [0.1, 0.15) is 11.6 Å².